The second kappa shape index (κ2) is 5.51. The maximum absolute atomic E-state index is 12.9. The van der Waals surface area contributed by atoms with Crippen molar-refractivity contribution in [2.45, 2.75) is 10.6 Å². The van der Waals surface area contributed by atoms with Crippen molar-refractivity contribution in [1.29, 1.82) is 0 Å². The van der Waals surface area contributed by atoms with Crippen LogP contribution < -0.4 is 0 Å². The van der Waals surface area contributed by atoms with E-state index in [2.05, 4.69) is 22.0 Å². The first-order valence-electron chi connectivity index (χ1n) is 4.87. The molecule has 82 valence electrons. The van der Waals surface area contributed by atoms with E-state index in [1.54, 1.807) is 23.9 Å². The van der Waals surface area contributed by atoms with E-state index in [0.29, 0.717) is 0 Å². The third-order valence-electron chi connectivity index (χ3n) is 2.15. The summed E-state index contributed by atoms with van der Waals surface area (Å²) in [5.41, 5.74) is 1.22. The van der Waals surface area contributed by atoms with E-state index in [-0.39, 0.29) is 5.82 Å². The van der Waals surface area contributed by atoms with Crippen molar-refractivity contribution in [3.63, 3.8) is 0 Å². The Hall–Kier alpha value is -0.800. The summed E-state index contributed by atoms with van der Waals surface area (Å²) in [4.78, 5) is 0.954. The maximum atomic E-state index is 12.9. The van der Waals surface area contributed by atoms with Gasteiger partial charge >= 0.3 is 0 Å². The number of halogens is 2. The average Bonchev–Trinajstić information content (AvgIpc) is 2.28. The average molecular weight is 297 g/mol. The molecule has 0 aliphatic heterocycles. The zero-order chi connectivity index (χ0) is 11.4. The summed E-state index contributed by atoms with van der Waals surface area (Å²) in [6, 6.07) is 14.7. The second-order valence-corrected chi connectivity index (χ2v) is 5.24. The van der Waals surface area contributed by atoms with Gasteiger partial charge in [0.2, 0.25) is 0 Å². The molecule has 0 nitrogen and oxygen atoms in total. The van der Waals surface area contributed by atoms with E-state index in [9.17, 15) is 4.39 Å². The minimum Gasteiger partial charge on any atom is -0.207 e. The predicted octanol–water partition coefficient (Wildman–Crippen LogP) is 4.88. The Morgan fingerprint density at radius 2 is 1.88 bits per heavy atom. The molecule has 0 aromatic heterocycles. The summed E-state index contributed by atoms with van der Waals surface area (Å²) in [6.07, 6.45) is 0. The quantitative estimate of drug-likeness (QED) is 0.728. The topological polar surface area (TPSA) is 0 Å². The van der Waals surface area contributed by atoms with Gasteiger partial charge in [-0.1, -0.05) is 40.2 Å². The van der Waals surface area contributed by atoms with Gasteiger partial charge in [0.1, 0.15) is 5.82 Å². The van der Waals surface area contributed by atoms with Crippen LogP contribution in [-0.4, -0.2) is 0 Å². The Kier molecular flexibility index (Phi) is 4.02. The molecule has 0 saturated heterocycles. The van der Waals surface area contributed by atoms with Gasteiger partial charge in [0, 0.05) is 15.1 Å². The van der Waals surface area contributed by atoms with Crippen LogP contribution in [0.4, 0.5) is 4.39 Å². The minimum absolute atomic E-state index is 0.183. The van der Waals surface area contributed by atoms with Crippen LogP contribution in [0, 0.1) is 5.82 Å². The molecule has 0 aliphatic carbocycles. The zero-order valence-electron chi connectivity index (χ0n) is 8.49. The fraction of sp³-hybridized carbons (Fsp3) is 0.0769. The molecule has 0 N–H and O–H groups in total. The smallest absolute Gasteiger partial charge is 0.124 e. The molecule has 0 atom stereocenters. The van der Waals surface area contributed by atoms with Crippen molar-refractivity contribution < 1.29 is 4.39 Å². The lowest BCUT2D eigenvalue weighted by molar-refractivity contribution is 0.624. The van der Waals surface area contributed by atoms with E-state index in [4.69, 9.17) is 0 Å². The third kappa shape index (κ3) is 3.09. The van der Waals surface area contributed by atoms with Crippen LogP contribution in [0.1, 0.15) is 5.56 Å². The highest BCUT2D eigenvalue weighted by Crippen LogP contribution is 2.26. The Labute approximate surface area is 107 Å². The summed E-state index contributed by atoms with van der Waals surface area (Å²) in [5.74, 6) is 0.655. The SMILES string of the molecule is Fc1cccc(SCc2ccccc2Br)c1. The summed E-state index contributed by atoms with van der Waals surface area (Å²) >= 11 is 5.13. The lowest BCUT2D eigenvalue weighted by Crippen LogP contribution is -1.82. The van der Waals surface area contributed by atoms with Crippen LogP contribution in [0.3, 0.4) is 0 Å². The molecule has 0 unspecified atom stereocenters. The normalized spacial score (nSPS) is 10.4. The van der Waals surface area contributed by atoms with Crippen molar-refractivity contribution in [1.82, 2.24) is 0 Å². The van der Waals surface area contributed by atoms with Gasteiger partial charge < -0.3 is 0 Å². The van der Waals surface area contributed by atoms with E-state index < -0.39 is 0 Å². The van der Waals surface area contributed by atoms with Crippen molar-refractivity contribution in [2.24, 2.45) is 0 Å². The van der Waals surface area contributed by atoms with Crippen LogP contribution in [0.15, 0.2) is 57.9 Å². The Balaban J connectivity index is 2.05. The molecule has 0 spiro atoms. The Morgan fingerprint density at radius 3 is 2.62 bits per heavy atom. The molecule has 0 amide bonds. The number of benzene rings is 2. The molecule has 0 aliphatic rings. The molecule has 16 heavy (non-hydrogen) atoms. The maximum Gasteiger partial charge on any atom is 0.124 e. The number of rotatable bonds is 3. The lowest BCUT2D eigenvalue weighted by Gasteiger charge is -2.04. The molecule has 0 saturated carbocycles. The lowest BCUT2D eigenvalue weighted by atomic mass is 10.2. The molecular formula is C13H10BrFS. The largest absolute Gasteiger partial charge is 0.207 e. The second-order valence-electron chi connectivity index (χ2n) is 3.34. The number of hydrogen-bond donors (Lipinski definition) is 0. The highest BCUT2D eigenvalue weighted by molar-refractivity contribution is 9.10. The number of hydrogen-bond acceptors (Lipinski definition) is 1. The van der Waals surface area contributed by atoms with Gasteiger partial charge in [0.15, 0.2) is 0 Å². The first-order valence-corrected chi connectivity index (χ1v) is 6.65. The summed E-state index contributed by atoms with van der Waals surface area (Å²) < 4.78 is 14.0. The van der Waals surface area contributed by atoms with E-state index >= 15 is 0 Å². The van der Waals surface area contributed by atoms with E-state index in [1.165, 1.54) is 11.6 Å². The summed E-state index contributed by atoms with van der Waals surface area (Å²) in [7, 11) is 0. The summed E-state index contributed by atoms with van der Waals surface area (Å²) in [6.45, 7) is 0. The first kappa shape index (κ1) is 11.7. The van der Waals surface area contributed by atoms with Crippen molar-refractivity contribution in [3.05, 3.63) is 64.4 Å². The first-order chi connectivity index (χ1) is 7.75. The molecular weight excluding hydrogens is 287 g/mol. The van der Waals surface area contributed by atoms with Gasteiger partial charge in [0.25, 0.3) is 0 Å². The van der Waals surface area contributed by atoms with Gasteiger partial charge in [0.05, 0.1) is 0 Å². The minimum atomic E-state index is -0.183. The predicted molar refractivity (Wildman–Crippen MR) is 70.1 cm³/mol. The molecule has 0 bridgehead atoms. The van der Waals surface area contributed by atoms with Gasteiger partial charge in [-0.05, 0) is 29.8 Å². The van der Waals surface area contributed by atoms with Gasteiger partial charge in [-0.3, -0.25) is 0 Å². The van der Waals surface area contributed by atoms with Crippen molar-refractivity contribution in [2.75, 3.05) is 0 Å². The molecule has 2 aromatic rings. The van der Waals surface area contributed by atoms with E-state index in [1.807, 2.05) is 24.3 Å². The summed E-state index contributed by atoms with van der Waals surface area (Å²) in [5, 5.41) is 0. The van der Waals surface area contributed by atoms with Crippen LogP contribution in [0.25, 0.3) is 0 Å². The molecule has 3 heteroatoms. The van der Waals surface area contributed by atoms with Crippen LogP contribution in [0.2, 0.25) is 0 Å². The Morgan fingerprint density at radius 1 is 1.06 bits per heavy atom. The Bertz CT molecular complexity index is 485. The molecule has 0 heterocycles. The van der Waals surface area contributed by atoms with Crippen LogP contribution in [0.5, 0.6) is 0 Å². The van der Waals surface area contributed by atoms with Crippen LogP contribution in [-0.2, 0) is 5.75 Å². The van der Waals surface area contributed by atoms with Crippen molar-refractivity contribution in [3.8, 4) is 0 Å². The van der Waals surface area contributed by atoms with Crippen LogP contribution >= 0.6 is 27.7 Å². The highest BCUT2D eigenvalue weighted by Gasteiger charge is 2.00. The molecule has 2 rings (SSSR count). The van der Waals surface area contributed by atoms with Gasteiger partial charge in [-0.15, -0.1) is 11.8 Å². The van der Waals surface area contributed by atoms with Crippen molar-refractivity contribution >= 4 is 27.7 Å². The standard InChI is InChI=1S/C13H10BrFS/c14-13-7-2-1-4-10(13)9-16-12-6-3-5-11(15)8-12/h1-8H,9H2. The molecule has 2 aromatic carbocycles. The highest BCUT2D eigenvalue weighted by atomic mass is 79.9. The fourth-order valence-corrected chi connectivity index (χ4v) is 2.89. The fourth-order valence-electron chi connectivity index (χ4n) is 1.33. The van der Waals surface area contributed by atoms with E-state index in [0.717, 1.165) is 15.1 Å². The molecule has 0 radical (unpaired) electrons. The monoisotopic (exact) mass is 296 g/mol. The number of thioether (sulfide) groups is 1. The molecule has 0 fully saturated rings. The van der Waals surface area contributed by atoms with Gasteiger partial charge in [-0.25, -0.2) is 4.39 Å². The zero-order valence-corrected chi connectivity index (χ0v) is 10.9. The van der Waals surface area contributed by atoms with Gasteiger partial charge in [-0.2, -0.15) is 0 Å². The third-order valence-corrected chi connectivity index (χ3v) is 3.96.